The number of rotatable bonds is 3. The van der Waals surface area contributed by atoms with E-state index in [0.717, 1.165) is 10.0 Å². The second-order valence-corrected chi connectivity index (χ2v) is 5.14. The number of carbonyl (C=O) groups is 1. The average Bonchev–Trinajstić information content (AvgIpc) is 2.42. The molecule has 0 spiro atoms. The highest BCUT2D eigenvalue weighted by Gasteiger charge is 2.12. The van der Waals surface area contributed by atoms with Crippen LogP contribution in [0.4, 0.5) is 11.4 Å². The number of methoxy groups -OCH3 is 1. The van der Waals surface area contributed by atoms with Crippen molar-refractivity contribution in [2.24, 2.45) is 0 Å². The average molecular weight is 335 g/mol. The van der Waals surface area contributed by atoms with Gasteiger partial charge in [-0.05, 0) is 52.7 Å². The molecule has 0 aliphatic carbocycles. The number of nitrogens with one attached hydrogen (secondary N) is 1. The highest BCUT2D eigenvalue weighted by molar-refractivity contribution is 9.10. The Kier molecular flexibility index (Phi) is 4.29. The SMILES string of the molecule is COc1ccc(NC(=O)c2cccc(C)c2Br)cc1N. The van der Waals surface area contributed by atoms with Crippen LogP contribution >= 0.6 is 15.9 Å². The maximum absolute atomic E-state index is 12.2. The lowest BCUT2D eigenvalue weighted by molar-refractivity contribution is 0.102. The van der Waals surface area contributed by atoms with Gasteiger partial charge in [0.15, 0.2) is 0 Å². The maximum Gasteiger partial charge on any atom is 0.256 e. The number of halogens is 1. The fraction of sp³-hybridized carbons (Fsp3) is 0.133. The topological polar surface area (TPSA) is 64.3 Å². The summed E-state index contributed by atoms with van der Waals surface area (Å²) in [5, 5.41) is 2.81. The van der Waals surface area contributed by atoms with Gasteiger partial charge in [0.25, 0.3) is 5.91 Å². The number of hydrogen-bond donors (Lipinski definition) is 2. The third-order valence-corrected chi connectivity index (χ3v) is 3.98. The number of hydrogen-bond acceptors (Lipinski definition) is 3. The van der Waals surface area contributed by atoms with Crippen LogP contribution in [-0.2, 0) is 0 Å². The Hall–Kier alpha value is -2.01. The molecule has 104 valence electrons. The van der Waals surface area contributed by atoms with Crippen molar-refractivity contribution < 1.29 is 9.53 Å². The first-order valence-corrected chi connectivity index (χ1v) is 6.82. The number of carbonyl (C=O) groups excluding carboxylic acids is 1. The zero-order valence-electron chi connectivity index (χ0n) is 11.2. The van der Waals surface area contributed by atoms with E-state index in [-0.39, 0.29) is 5.91 Å². The molecule has 4 nitrogen and oxygen atoms in total. The van der Waals surface area contributed by atoms with Crippen molar-refractivity contribution in [3.63, 3.8) is 0 Å². The molecular formula is C15H15BrN2O2. The summed E-state index contributed by atoms with van der Waals surface area (Å²) in [7, 11) is 1.55. The third kappa shape index (κ3) is 2.93. The highest BCUT2D eigenvalue weighted by Crippen LogP contribution is 2.26. The Morgan fingerprint density at radius 2 is 2.05 bits per heavy atom. The minimum absolute atomic E-state index is 0.190. The lowest BCUT2D eigenvalue weighted by Gasteiger charge is -2.10. The van der Waals surface area contributed by atoms with Gasteiger partial charge in [0.2, 0.25) is 0 Å². The summed E-state index contributed by atoms with van der Waals surface area (Å²) >= 11 is 3.43. The van der Waals surface area contributed by atoms with Crippen LogP contribution in [0.25, 0.3) is 0 Å². The lowest BCUT2D eigenvalue weighted by atomic mass is 10.1. The van der Waals surface area contributed by atoms with Crippen LogP contribution in [0.5, 0.6) is 5.75 Å². The summed E-state index contributed by atoms with van der Waals surface area (Å²) in [5.41, 5.74) is 8.51. The summed E-state index contributed by atoms with van der Waals surface area (Å²) in [4.78, 5) is 12.2. The van der Waals surface area contributed by atoms with E-state index in [1.165, 1.54) is 0 Å². The molecule has 0 bridgehead atoms. The fourth-order valence-electron chi connectivity index (χ4n) is 1.83. The first kappa shape index (κ1) is 14.4. The van der Waals surface area contributed by atoms with Gasteiger partial charge in [-0.25, -0.2) is 0 Å². The van der Waals surface area contributed by atoms with Gasteiger partial charge in [-0.1, -0.05) is 12.1 Å². The van der Waals surface area contributed by atoms with Crippen molar-refractivity contribution in [2.45, 2.75) is 6.92 Å². The summed E-state index contributed by atoms with van der Waals surface area (Å²) in [6.07, 6.45) is 0. The molecule has 3 N–H and O–H groups in total. The molecule has 0 fully saturated rings. The van der Waals surface area contributed by atoms with E-state index in [4.69, 9.17) is 10.5 Å². The van der Waals surface area contributed by atoms with Crippen molar-refractivity contribution in [3.8, 4) is 5.75 Å². The molecule has 2 aromatic rings. The Morgan fingerprint density at radius 1 is 1.30 bits per heavy atom. The number of ether oxygens (including phenoxy) is 1. The van der Waals surface area contributed by atoms with Gasteiger partial charge in [-0.2, -0.15) is 0 Å². The van der Waals surface area contributed by atoms with Gasteiger partial charge >= 0.3 is 0 Å². The Balaban J connectivity index is 2.24. The van der Waals surface area contributed by atoms with E-state index in [1.54, 1.807) is 31.4 Å². The smallest absolute Gasteiger partial charge is 0.256 e. The minimum Gasteiger partial charge on any atom is -0.495 e. The van der Waals surface area contributed by atoms with Crippen LogP contribution in [0.3, 0.4) is 0 Å². The molecule has 1 amide bonds. The predicted octanol–water partition coefficient (Wildman–Crippen LogP) is 3.60. The molecule has 20 heavy (non-hydrogen) atoms. The van der Waals surface area contributed by atoms with Crippen LogP contribution in [0, 0.1) is 6.92 Å². The molecule has 0 aliphatic rings. The number of aryl methyl sites for hydroxylation is 1. The molecule has 0 radical (unpaired) electrons. The number of benzene rings is 2. The zero-order valence-corrected chi connectivity index (χ0v) is 12.8. The van der Waals surface area contributed by atoms with E-state index in [0.29, 0.717) is 22.7 Å². The van der Waals surface area contributed by atoms with Crippen LogP contribution in [0.15, 0.2) is 40.9 Å². The van der Waals surface area contributed by atoms with E-state index in [9.17, 15) is 4.79 Å². The number of nitrogens with two attached hydrogens (primary N) is 1. The minimum atomic E-state index is -0.190. The molecule has 0 aromatic heterocycles. The van der Waals surface area contributed by atoms with Crippen LogP contribution < -0.4 is 15.8 Å². The standard InChI is InChI=1S/C15H15BrN2O2/c1-9-4-3-5-11(14(9)16)15(19)18-10-6-7-13(20-2)12(17)8-10/h3-8H,17H2,1-2H3,(H,18,19). The zero-order chi connectivity index (χ0) is 14.7. The predicted molar refractivity (Wildman–Crippen MR) is 84.2 cm³/mol. The van der Waals surface area contributed by atoms with Gasteiger partial charge in [-0.15, -0.1) is 0 Å². The van der Waals surface area contributed by atoms with Crippen molar-refractivity contribution in [1.82, 2.24) is 0 Å². The molecule has 2 rings (SSSR count). The van der Waals surface area contributed by atoms with Gasteiger partial charge in [0.05, 0.1) is 18.4 Å². The second kappa shape index (κ2) is 5.96. The summed E-state index contributed by atoms with van der Waals surface area (Å²) in [6.45, 7) is 1.94. The first-order valence-electron chi connectivity index (χ1n) is 6.03. The first-order chi connectivity index (χ1) is 9.52. The van der Waals surface area contributed by atoms with Crippen LogP contribution in [0.2, 0.25) is 0 Å². The lowest BCUT2D eigenvalue weighted by Crippen LogP contribution is -2.13. The van der Waals surface area contributed by atoms with Gasteiger partial charge < -0.3 is 15.8 Å². The molecule has 0 atom stereocenters. The normalized spacial score (nSPS) is 10.2. The molecule has 0 saturated heterocycles. The van der Waals surface area contributed by atoms with Gasteiger partial charge in [0, 0.05) is 10.2 Å². The Labute approximate surface area is 126 Å². The monoisotopic (exact) mass is 334 g/mol. The summed E-state index contributed by atoms with van der Waals surface area (Å²) in [5.74, 6) is 0.393. The van der Waals surface area contributed by atoms with Crippen molar-refractivity contribution in [3.05, 3.63) is 52.0 Å². The Bertz CT molecular complexity index is 656. The van der Waals surface area contributed by atoms with Crippen molar-refractivity contribution >= 4 is 33.2 Å². The van der Waals surface area contributed by atoms with Gasteiger partial charge in [0.1, 0.15) is 5.75 Å². The quantitative estimate of drug-likeness (QED) is 0.843. The molecule has 5 heteroatoms. The van der Waals surface area contributed by atoms with Crippen LogP contribution in [0.1, 0.15) is 15.9 Å². The number of nitrogen functional groups attached to an aromatic ring is 1. The molecule has 0 aliphatic heterocycles. The van der Waals surface area contributed by atoms with Gasteiger partial charge in [-0.3, -0.25) is 4.79 Å². The van der Waals surface area contributed by atoms with E-state index >= 15 is 0 Å². The van der Waals surface area contributed by atoms with Crippen LogP contribution in [-0.4, -0.2) is 13.0 Å². The summed E-state index contributed by atoms with van der Waals surface area (Å²) in [6, 6.07) is 10.7. The van der Waals surface area contributed by atoms with Crippen molar-refractivity contribution in [1.29, 1.82) is 0 Å². The maximum atomic E-state index is 12.2. The number of amides is 1. The Morgan fingerprint density at radius 3 is 2.70 bits per heavy atom. The second-order valence-electron chi connectivity index (χ2n) is 4.35. The molecule has 0 saturated carbocycles. The van der Waals surface area contributed by atoms with Crippen molar-refractivity contribution in [2.75, 3.05) is 18.2 Å². The van der Waals surface area contributed by atoms with E-state index < -0.39 is 0 Å². The molecule has 2 aromatic carbocycles. The van der Waals surface area contributed by atoms with E-state index in [2.05, 4.69) is 21.2 Å². The largest absolute Gasteiger partial charge is 0.495 e. The summed E-state index contributed by atoms with van der Waals surface area (Å²) < 4.78 is 5.87. The number of anilines is 2. The molecular weight excluding hydrogens is 320 g/mol. The molecule has 0 heterocycles. The third-order valence-electron chi connectivity index (χ3n) is 2.92. The fourth-order valence-corrected chi connectivity index (χ4v) is 2.28. The highest BCUT2D eigenvalue weighted by atomic mass is 79.9. The molecule has 0 unspecified atom stereocenters. The van der Waals surface area contributed by atoms with E-state index in [1.807, 2.05) is 19.1 Å².